The molecular weight excluding hydrogens is 294 g/mol. The molecule has 7 nitrogen and oxygen atoms in total. The Morgan fingerprint density at radius 3 is 3.04 bits per heavy atom. The quantitative estimate of drug-likeness (QED) is 0.886. The number of rotatable bonds is 2. The molecule has 0 bridgehead atoms. The van der Waals surface area contributed by atoms with Crippen LogP contribution in [-0.2, 0) is 7.05 Å². The molecule has 3 rings (SSSR count). The Balaban J connectivity index is 1.80. The lowest BCUT2D eigenvalue weighted by Gasteiger charge is -2.38. The molecular formula is C16H23N5O2. The van der Waals surface area contributed by atoms with Gasteiger partial charge in [-0.25, -0.2) is 9.78 Å². The zero-order valence-corrected chi connectivity index (χ0v) is 13.8. The maximum absolute atomic E-state index is 12.6. The SMILES string of the molecule is Cc1nn(C)c2ncc(NC(=O)N3CCCC(C)C3CO)cc12. The number of anilines is 1. The second-order valence-corrected chi connectivity index (χ2v) is 6.30. The zero-order valence-electron chi connectivity index (χ0n) is 13.8. The Labute approximate surface area is 135 Å². The number of piperidine rings is 1. The van der Waals surface area contributed by atoms with Crippen LogP contribution in [0, 0.1) is 12.8 Å². The van der Waals surface area contributed by atoms with Crippen LogP contribution in [0.1, 0.15) is 25.5 Å². The van der Waals surface area contributed by atoms with Gasteiger partial charge in [0.1, 0.15) is 0 Å². The van der Waals surface area contributed by atoms with E-state index < -0.39 is 0 Å². The summed E-state index contributed by atoms with van der Waals surface area (Å²) in [6, 6.07) is 1.59. The number of aryl methyl sites for hydroxylation is 2. The first kappa shape index (κ1) is 15.7. The van der Waals surface area contributed by atoms with Gasteiger partial charge in [0.15, 0.2) is 5.65 Å². The van der Waals surface area contributed by atoms with Crippen molar-refractivity contribution in [2.24, 2.45) is 13.0 Å². The van der Waals surface area contributed by atoms with E-state index in [1.54, 1.807) is 15.8 Å². The fourth-order valence-corrected chi connectivity index (χ4v) is 3.35. The number of amides is 2. The summed E-state index contributed by atoms with van der Waals surface area (Å²) in [5.41, 5.74) is 2.32. The van der Waals surface area contributed by atoms with Crippen molar-refractivity contribution in [2.45, 2.75) is 32.7 Å². The lowest BCUT2D eigenvalue weighted by Crippen LogP contribution is -2.51. The van der Waals surface area contributed by atoms with Crippen LogP contribution in [0.5, 0.6) is 0 Å². The topological polar surface area (TPSA) is 83.3 Å². The second-order valence-electron chi connectivity index (χ2n) is 6.30. The van der Waals surface area contributed by atoms with Crippen LogP contribution >= 0.6 is 0 Å². The van der Waals surface area contributed by atoms with Crippen molar-refractivity contribution >= 4 is 22.8 Å². The van der Waals surface area contributed by atoms with Gasteiger partial charge in [0.05, 0.1) is 30.2 Å². The number of hydrogen-bond acceptors (Lipinski definition) is 4. The molecule has 23 heavy (non-hydrogen) atoms. The number of carbonyl (C=O) groups excluding carboxylic acids is 1. The van der Waals surface area contributed by atoms with Crippen molar-refractivity contribution in [1.82, 2.24) is 19.7 Å². The van der Waals surface area contributed by atoms with Crippen LogP contribution in [0.25, 0.3) is 11.0 Å². The summed E-state index contributed by atoms with van der Waals surface area (Å²) in [4.78, 5) is 18.7. The van der Waals surface area contributed by atoms with Crippen molar-refractivity contribution in [3.63, 3.8) is 0 Å². The number of carbonyl (C=O) groups is 1. The van der Waals surface area contributed by atoms with E-state index in [0.29, 0.717) is 18.2 Å². The molecule has 1 fully saturated rings. The van der Waals surface area contributed by atoms with Crippen LogP contribution in [0.4, 0.5) is 10.5 Å². The van der Waals surface area contributed by atoms with Gasteiger partial charge >= 0.3 is 6.03 Å². The maximum atomic E-state index is 12.6. The van der Waals surface area contributed by atoms with Crippen molar-refractivity contribution in [3.05, 3.63) is 18.0 Å². The third kappa shape index (κ3) is 2.88. The van der Waals surface area contributed by atoms with Gasteiger partial charge in [-0.2, -0.15) is 5.10 Å². The van der Waals surface area contributed by atoms with E-state index in [-0.39, 0.29) is 18.7 Å². The van der Waals surface area contributed by atoms with E-state index in [9.17, 15) is 9.90 Å². The summed E-state index contributed by atoms with van der Waals surface area (Å²) in [5, 5.41) is 17.7. The molecule has 3 heterocycles. The molecule has 124 valence electrons. The number of urea groups is 1. The van der Waals surface area contributed by atoms with Crippen LogP contribution in [-0.4, -0.2) is 50.0 Å². The molecule has 1 aliphatic rings. The highest BCUT2D eigenvalue weighted by Crippen LogP contribution is 2.24. The lowest BCUT2D eigenvalue weighted by molar-refractivity contribution is 0.0811. The maximum Gasteiger partial charge on any atom is 0.322 e. The van der Waals surface area contributed by atoms with E-state index in [1.165, 1.54) is 0 Å². The van der Waals surface area contributed by atoms with Gasteiger partial charge < -0.3 is 15.3 Å². The van der Waals surface area contributed by atoms with Crippen LogP contribution in [0.15, 0.2) is 12.3 Å². The molecule has 0 radical (unpaired) electrons. The molecule has 0 aliphatic carbocycles. The Bertz CT molecular complexity index is 727. The van der Waals surface area contributed by atoms with Gasteiger partial charge in [0.25, 0.3) is 0 Å². The molecule has 0 saturated carbocycles. The number of fused-ring (bicyclic) bond motifs is 1. The van der Waals surface area contributed by atoms with E-state index >= 15 is 0 Å². The van der Waals surface area contributed by atoms with Crippen LogP contribution in [0.2, 0.25) is 0 Å². The van der Waals surface area contributed by atoms with E-state index in [1.807, 2.05) is 20.0 Å². The fraction of sp³-hybridized carbons (Fsp3) is 0.562. The van der Waals surface area contributed by atoms with Crippen molar-refractivity contribution in [3.8, 4) is 0 Å². The summed E-state index contributed by atoms with van der Waals surface area (Å²) in [6.45, 7) is 4.66. The van der Waals surface area contributed by atoms with Gasteiger partial charge in [-0.05, 0) is 31.7 Å². The Hall–Kier alpha value is -2.15. The van der Waals surface area contributed by atoms with Gasteiger partial charge in [-0.15, -0.1) is 0 Å². The van der Waals surface area contributed by atoms with Crippen molar-refractivity contribution in [2.75, 3.05) is 18.5 Å². The number of aromatic nitrogens is 3. The van der Waals surface area contributed by atoms with Crippen LogP contribution < -0.4 is 5.32 Å². The molecule has 1 saturated heterocycles. The largest absolute Gasteiger partial charge is 0.394 e. The second kappa shape index (κ2) is 6.16. The highest BCUT2D eigenvalue weighted by Gasteiger charge is 2.31. The first-order valence-corrected chi connectivity index (χ1v) is 7.99. The number of aliphatic hydroxyl groups is 1. The van der Waals surface area contributed by atoms with Crippen LogP contribution in [0.3, 0.4) is 0 Å². The van der Waals surface area contributed by atoms with E-state index in [4.69, 9.17) is 0 Å². The molecule has 2 aromatic rings. The van der Waals surface area contributed by atoms with Gasteiger partial charge in [-0.3, -0.25) is 4.68 Å². The summed E-state index contributed by atoms with van der Waals surface area (Å²) in [6.07, 6.45) is 3.64. The molecule has 2 unspecified atom stereocenters. The summed E-state index contributed by atoms with van der Waals surface area (Å²) in [5.74, 6) is 0.306. The van der Waals surface area contributed by atoms with Gasteiger partial charge in [-0.1, -0.05) is 6.92 Å². The molecule has 1 aliphatic heterocycles. The number of hydrogen-bond donors (Lipinski definition) is 2. The molecule has 2 amide bonds. The standard InChI is InChI=1S/C16H23N5O2/c1-10-5-4-6-21(14(10)9-22)16(23)18-12-7-13-11(2)19-20(3)15(13)17-8-12/h7-8,10,14,22H,4-6,9H2,1-3H3,(H,18,23). The van der Waals surface area contributed by atoms with Crippen molar-refractivity contribution < 1.29 is 9.90 Å². The first-order chi connectivity index (χ1) is 11.0. The third-order valence-corrected chi connectivity index (χ3v) is 4.68. The smallest absolute Gasteiger partial charge is 0.322 e. The predicted octanol–water partition coefficient (Wildman–Crippen LogP) is 1.90. The third-order valence-electron chi connectivity index (χ3n) is 4.68. The summed E-state index contributed by atoms with van der Waals surface area (Å²) in [7, 11) is 1.85. The minimum Gasteiger partial charge on any atom is -0.394 e. The Kier molecular flexibility index (Phi) is 4.21. The minimum atomic E-state index is -0.182. The fourth-order valence-electron chi connectivity index (χ4n) is 3.35. The van der Waals surface area contributed by atoms with Gasteiger partial charge in [0.2, 0.25) is 0 Å². The minimum absolute atomic E-state index is 0.00636. The summed E-state index contributed by atoms with van der Waals surface area (Å²) < 4.78 is 1.73. The molecule has 0 spiro atoms. The molecule has 2 atom stereocenters. The molecule has 0 aromatic carbocycles. The first-order valence-electron chi connectivity index (χ1n) is 7.99. The Morgan fingerprint density at radius 1 is 1.52 bits per heavy atom. The Morgan fingerprint density at radius 2 is 2.30 bits per heavy atom. The van der Waals surface area contributed by atoms with E-state index in [0.717, 1.165) is 29.6 Å². The molecule has 2 N–H and O–H groups in total. The predicted molar refractivity (Wildman–Crippen MR) is 88.2 cm³/mol. The number of nitrogens with one attached hydrogen (secondary N) is 1. The lowest BCUT2D eigenvalue weighted by atomic mass is 9.91. The number of likely N-dealkylation sites (tertiary alicyclic amines) is 1. The summed E-state index contributed by atoms with van der Waals surface area (Å²) >= 11 is 0. The molecule has 2 aromatic heterocycles. The monoisotopic (exact) mass is 317 g/mol. The average molecular weight is 317 g/mol. The highest BCUT2D eigenvalue weighted by molar-refractivity contribution is 5.92. The highest BCUT2D eigenvalue weighted by atomic mass is 16.3. The normalized spacial score (nSPS) is 21.7. The number of pyridine rings is 1. The van der Waals surface area contributed by atoms with Crippen molar-refractivity contribution in [1.29, 1.82) is 0 Å². The van der Waals surface area contributed by atoms with Gasteiger partial charge in [0, 0.05) is 19.0 Å². The number of nitrogens with zero attached hydrogens (tertiary/aromatic N) is 4. The molecule has 7 heteroatoms. The average Bonchev–Trinajstić information content (AvgIpc) is 2.81. The zero-order chi connectivity index (χ0) is 16.6. The van der Waals surface area contributed by atoms with E-state index in [2.05, 4.69) is 22.3 Å². The number of aliphatic hydroxyl groups excluding tert-OH is 1.